The van der Waals surface area contributed by atoms with Gasteiger partial charge in [0, 0.05) is 61.2 Å². The molecule has 170 valence electrons. The molecule has 2 N–H and O–H groups in total. The van der Waals surface area contributed by atoms with Crippen molar-refractivity contribution in [3.05, 3.63) is 30.0 Å². The van der Waals surface area contributed by atoms with E-state index in [0.717, 1.165) is 35.4 Å². The predicted molar refractivity (Wildman–Crippen MR) is 124 cm³/mol. The minimum absolute atomic E-state index is 0.000538. The van der Waals surface area contributed by atoms with Gasteiger partial charge in [-0.2, -0.15) is 0 Å². The van der Waals surface area contributed by atoms with E-state index in [4.69, 9.17) is 4.74 Å². The highest BCUT2D eigenvalue weighted by atomic mass is 16.6. The van der Waals surface area contributed by atoms with E-state index in [0.29, 0.717) is 26.1 Å². The van der Waals surface area contributed by atoms with Gasteiger partial charge in [0.15, 0.2) is 0 Å². The topological polar surface area (TPSA) is 77.7 Å². The molecule has 0 aliphatic carbocycles. The second-order valence-electron chi connectivity index (χ2n) is 10.3. The van der Waals surface area contributed by atoms with Gasteiger partial charge in [0.05, 0.1) is 5.69 Å². The average Bonchev–Trinajstić information content (AvgIpc) is 3.11. The number of carbonyl (C=O) groups excluding carboxylic acids is 2. The predicted octanol–water partition coefficient (Wildman–Crippen LogP) is 4.35. The highest BCUT2D eigenvalue weighted by Gasteiger charge is 2.26. The van der Waals surface area contributed by atoms with Crippen LogP contribution < -0.4 is 5.32 Å². The zero-order valence-electron chi connectivity index (χ0n) is 19.7. The standard InChI is InChI=1S/C24H36N4O3/c1-23(2,3)20-16-17-18(25-20)8-7-9-19(17)26-21(29)10-11-27-12-14-28(15-13-27)22(30)31-24(4,5)6/h7-9,16,25H,10-15H2,1-6H3,(H,26,29). The molecule has 0 bridgehead atoms. The number of H-pyrrole nitrogens is 1. The van der Waals surface area contributed by atoms with Crippen LogP contribution in [0.15, 0.2) is 24.3 Å². The summed E-state index contributed by atoms with van der Waals surface area (Å²) in [7, 11) is 0. The van der Waals surface area contributed by atoms with Crippen LogP contribution in [0, 0.1) is 0 Å². The number of hydrogen-bond donors (Lipinski definition) is 2. The van der Waals surface area contributed by atoms with E-state index in [9.17, 15) is 9.59 Å². The van der Waals surface area contributed by atoms with Crippen molar-refractivity contribution in [3.8, 4) is 0 Å². The van der Waals surface area contributed by atoms with Crippen LogP contribution in [-0.2, 0) is 14.9 Å². The number of fused-ring (bicyclic) bond motifs is 1. The summed E-state index contributed by atoms with van der Waals surface area (Å²) in [6, 6.07) is 8.06. The minimum atomic E-state index is -0.484. The third-order valence-corrected chi connectivity index (χ3v) is 5.43. The molecule has 3 rings (SSSR count). The molecule has 0 radical (unpaired) electrons. The van der Waals surface area contributed by atoms with Crippen molar-refractivity contribution in [2.24, 2.45) is 0 Å². The second-order valence-corrected chi connectivity index (χ2v) is 10.3. The first-order valence-corrected chi connectivity index (χ1v) is 11.0. The molecule has 2 aromatic rings. The van der Waals surface area contributed by atoms with Crippen LogP contribution in [0.5, 0.6) is 0 Å². The molecule has 2 heterocycles. The Morgan fingerprint density at radius 3 is 2.35 bits per heavy atom. The molecule has 1 aromatic carbocycles. The van der Waals surface area contributed by atoms with Crippen molar-refractivity contribution in [2.45, 2.75) is 59.0 Å². The van der Waals surface area contributed by atoms with Crippen LogP contribution >= 0.6 is 0 Å². The van der Waals surface area contributed by atoms with Gasteiger partial charge in [-0.1, -0.05) is 26.8 Å². The number of aromatic amines is 1. The van der Waals surface area contributed by atoms with Gasteiger partial charge in [0.25, 0.3) is 0 Å². The molecule has 0 spiro atoms. The number of ether oxygens (including phenoxy) is 1. The summed E-state index contributed by atoms with van der Waals surface area (Å²) in [6.45, 7) is 15.5. The van der Waals surface area contributed by atoms with Gasteiger partial charge in [-0.05, 0) is 39.0 Å². The van der Waals surface area contributed by atoms with E-state index in [1.54, 1.807) is 4.90 Å². The maximum Gasteiger partial charge on any atom is 0.410 e. The number of carbonyl (C=O) groups is 2. The molecule has 2 amide bonds. The maximum absolute atomic E-state index is 12.6. The van der Waals surface area contributed by atoms with Gasteiger partial charge in [-0.15, -0.1) is 0 Å². The van der Waals surface area contributed by atoms with Crippen LogP contribution in [-0.4, -0.2) is 65.1 Å². The van der Waals surface area contributed by atoms with Crippen molar-refractivity contribution >= 4 is 28.6 Å². The lowest BCUT2D eigenvalue weighted by atomic mass is 9.92. The van der Waals surface area contributed by atoms with Gasteiger partial charge in [0.1, 0.15) is 5.60 Å². The van der Waals surface area contributed by atoms with Crippen molar-refractivity contribution in [1.82, 2.24) is 14.8 Å². The first kappa shape index (κ1) is 23.1. The molecule has 0 saturated carbocycles. The molecule has 1 aliphatic rings. The Balaban J connectivity index is 1.50. The zero-order valence-corrected chi connectivity index (χ0v) is 19.7. The van der Waals surface area contributed by atoms with Gasteiger partial charge in [-0.25, -0.2) is 4.79 Å². The number of nitrogens with zero attached hydrogens (tertiary/aromatic N) is 2. The van der Waals surface area contributed by atoms with Crippen LogP contribution in [0.2, 0.25) is 0 Å². The van der Waals surface area contributed by atoms with E-state index in [2.05, 4.69) is 42.0 Å². The van der Waals surface area contributed by atoms with Gasteiger partial charge in [-0.3, -0.25) is 9.69 Å². The summed E-state index contributed by atoms with van der Waals surface area (Å²) in [5, 5.41) is 4.11. The van der Waals surface area contributed by atoms with Crippen LogP contribution in [0.1, 0.15) is 53.7 Å². The monoisotopic (exact) mass is 428 g/mol. The Kier molecular flexibility index (Phi) is 6.65. The summed E-state index contributed by atoms with van der Waals surface area (Å²) < 4.78 is 5.44. The number of nitrogens with one attached hydrogen (secondary N) is 2. The van der Waals surface area contributed by atoms with Crippen molar-refractivity contribution < 1.29 is 14.3 Å². The van der Waals surface area contributed by atoms with Crippen LogP contribution in [0.4, 0.5) is 10.5 Å². The number of rotatable bonds is 4. The lowest BCUT2D eigenvalue weighted by Crippen LogP contribution is -2.50. The lowest BCUT2D eigenvalue weighted by molar-refractivity contribution is -0.116. The molecular formula is C24H36N4O3. The van der Waals surface area contributed by atoms with Gasteiger partial charge >= 0.3 is 6.09 Å². The highest BCUT2D eigenvalue weighted by Crippen LogP contribution is 2.30. The molecule has 1 fully saturated rings. The third-order valence-electron chi connectivity index (χ3n) is 5.43. The van der Waals surface area contributed by atoms with Gasteiger partial charge < -0.3 is 19.9 Å². The van der Waals surface area contributed by atoms with E-state index in [1.165, 1.54) is 0 Å². The molecule has 31 heavy (non-hydrogen) atoms. The first-order valence-electron chi connectivity index (χ1n) is 11.0. The molecule has 1 aliphatic heterocycles. The fraction of sp³-hybridized carbons (Fsp3) is 0.583. The van der Waals surface area contributed by atoms with Crippen molar-refractivity contribution in [1.29, 1.82) is 0 Å². The average molecular weight is 429 g/mol. The van der Waals surface area contributed by atoms with E-state index in [1.807, 2.05) is 39.0 Å². The first-order chi connectivity index (χ1) is 14.4. The molecular weight excluding hydrogens is 392 g/mol. The zero-order chi connectivity index (χ0) is 22.8. The molecule has 0 atom stereocenters. The fourth-order valence-electron chi connectivity index (χ4n) is 3.62. The fourth-order valence-corrected chi connectivity index (χ4v) is 3.62. The smallest absolute Gasteiger partial charge is 0.410 e. The Morgan fingerprint density at radius 2 is 1.74 bits per heavy atom. The van der Waals surface area contributed by atoms with E-state index >= 15 is 0 Å². The number of benzene rings is 1. The van der Waals surface area contributed by atoms with Gasteiger partial charge in [0.2, 0.25) is 5.91 Å². The lowest BCUT2D eigenvalue weighted by Gasteiger charge is -2.35. The Morgan fingerprint density at radius 1 is 1.06 bits per heavy atom. The number of amides is 2. The molecule has 7 nitrogen and oxygen atoms in total. The summed E-state index contributed by atoms with van der Waals surface area (Å²) >= 11 is 0. The number of aromatic nitrogens is 1. The summed E-state index contributed by atoms with van der Waals surface area (Å²) in [6.07, 6.45) is 0.151. The van der Waals surface area contributed by atoms with E-state index < -0.39 is 5.60 Å². The molecule has 1 saturated heterocycles. The number of anilines is 1. The second kappa shape index (κ2) is 8.91. The van der Waals surface area contributed by atoms with Crippen molar-refractivity contribution in [2.75, 3.05) is 38.0 Å². The SMILES string of the molecule is CC(C)(C)OC(=O)N1CCN(CCC(=O)Nc2cccc3[nH]c(C(C)(C)C)cc23)CC1. The van der Waals surface area contributed by atoms with Crippen LogP contribution in [0.25, 0.3) is 10.9 Å². The molecule has 1 aromatic heterocycles. The highest BCUT2D eigenvalue weighted by molar-refractivity contribution is 6.01. The van der Waals surface area contributed by atoms with Crippen molar-refractivity contribution in [3.63, 3.8) is 0 Å². The minimum Gasteiger partial charge on any atom is -0.444 e. The number of hydrogen-bond acceptors (Lipinski definition) is 4. The summed E-state index contributed by atoms with van der Waals surface area (Å²) in [4.78, 5) is 32.2. The summed E-state index contributed by atoms with van der Waals surface area (Å²) in [5.41, 5.74) is 2.54. The number of piperazine rings is 1. The quantitative estimate of drug-likeness (QED) is 0.759. The van der Waals surface area contributed by atoms with Crippen LogP contribution in [0.3, 0.4) is 0 Å². The Hall–Kier alpha value is -2.54. The Labute approximate surface area is 185 Å². The third kappa shape index (κ3) is 6.23. The van der Waals surface area contributed by atoms with E-state index in [-0.39, 0.29) is 17.4 Å². The molecule has 7 heteroatoms. The normalized spacial score (nSPS) is 15.9. The summed E-state index contributed by atoms with van der Waals surface area (Å²) in [5.74, 6) is 0.000538. The maximum atomic E-state index is 12.6. The largest absolute Gasteiger partial charge is 0.444 e. The Bertz CT molecular complexity index is 928. The molecule has 0 unspecified atom stereocenters.